The second-order valence-corrected chi connectivity index (χ2v) is 9.50. The largest absolute Gasteiger partial charge is 0.489 e. The molecule has 0 radical (unpaired) electrons. The molecule has 1 N–H and O–H groups in total. The van der Waals surface area contributed by atoms with Crippen LogP contribution < -0.4 is 10.1 Å². The van der Waals surface area contributed by atoms with Crippen LogP contribution in [0.25, 0.3) is 0 Å². The van der Waals surface area contributed by atoms with E-state index >= 15 is 0 Å². The highest BCUT2D eigenvalue weighted by Crippen LogP contribution is 2.37. The predicted octanol–water partition coefficient (Wildman–Crippen LogP) is 5.91. The van der Waals surface area contributed by atoms with Crippen LogP contribution in [0.3, 0.4) is 0 Å². The van der Waals surface area contributed by atoms with Crippen molar-refractivity contribution in [2.45, 2.75) is 58.3 Å². The first-order valence-corrected chi connectivity index (χ1v) is 13.0. The van der Waals surface area contributed by atoms with Crippen LogP contribution in [-0.2, 0) is 16.1 Å². The summed E-state index contributed by atoms with van der Waals surface area (Å²) in [5, 5.41) is 8.71. The van der Waals surface area contributed by atoms with E-state index in [1.54, 1.807) is 16.4 Å². The summed E-state index contributed by atoms with van der Waals surface area (Å²) in [6, 6.07) is 15.5. The van der Waals surface area contributed by atoms with Crippen molar-refractivity contribution in [3.05, 3.63) is 76.5 Å². The van der Waals surface area contributed by atoms with Crippen LogP contribution in [0.4, 0.5) is 5.95 Å². The fraction of sp³-hybridized carbons (Fsp3) is 0.370. The number of ether oxygens (including phenoxy) is 2. The first kappa shape index (κ1) is 24.9. The average molecular weight is 493 g/mol. The fourth-order valence-electron chi connectivity index (χ4n) is 3.99. The topological polar surface area (TPSA) is 78.3 Å². The minimum Gasteiger partial charge on any atom is -0.489 e. The first-order valence-electron chi connectivity index (χ1n) is 12.0. The average Bonchev–Trinajstić information content (AvgIpc) is 3.25. The second-order valence-electron chi connectivity index (χ2n) is 8.44. The molecule has 7 nitrogen and oxygen atoms in total. The zero-order valence-electron chi connectivity index (χ0n) is 20.7. The number of aromatic nitrogens is 3. The van der Waals surface area contributed by atoms with E-state index in [2.05, 4.69) is 36.3 Å². The molecule has 184 valence electrons. The number of hydrogen-bond donors (Lipinski definition) is 1. The van der Waals surface area contributed by atoms with E-state index in [9.17, 15) is 4.79 Å². The van der Waals surface area contributed by atoms with Gasteiger partial charge in [-0.3, -0.25) is 0 Å². The van der Waals surface area contributed by atoms with E-state index in [4.69, 9.17) is 14.6 Å². The zero-order valence-corrected chi connectivity index (χ0v) is 21.5. The van der Waals surface area contributed by atoms with Gasteiger partial charge in [-0.15, -0.1) is 5.10 Å². The van der Waals surface area contributed by atoms with Crippen LogP contribution in [0.1, 0.15) is 56.3 Å². The molecular formula is C27H32N4O3S. The van der Waals surface area contributed by atoms with Crippen LogP contribution in [0.2, 0.25) is 0 Å². The summed E-state index contributed by atoms with van der Waals surface area (Å²) in [5.41, 5.74) is 4.43. The highest BCUT2D eigenvalue weighted by atomic mass is 32.2. The predicted molar refractivity (Wildman–Crippen MR) is 139 cm³/mol. The number of esters is 1. The van der Waals surface area contributed by atoms with Crippen LogP contribution in [-0.4, -0.2) is 33.1 Å². The van der Waals surface area contributed by atoms with Crippen molar-refractivity contribution in [2.75, 3.05) is 17.7 Å². The number of nitrogens with zero attached hydrogens (tertiary/aromatic N) is 3. The minimum atomic E-state index is -0.472. The summed E-state index contributed by atoms with van der Waals surface area (Å²) < 4.78 is 13.3. The molecule has 0 saturated carbocycles. The van der Waals surface area contributed by atoms with Crippen LogP contribution in [0.15, 0.2) is 65.0 Å². The minimum absolute atomic E-state index is 0.296. The van der Waals surface area contributed by atoms with Crippen LogP contribution in [0, 0.1) is 6.92 Å². The number of thioether (sulfide) groups is 1. The molecule has 1 aromatic heterocycles. The normalized spacial score (nSPS) is 14.9. The van der Waals surface area contributed by atoms with E-state index in [1.807, 2.05) is 50.2 Å². The first-order chi connectivity index (χ1) is 17.0. The van der Waals surface area contributed by atoms with E-state index in [1.165, 1.54) is 5.56 Å². The standard InChI is InChI=1S/C27H32N4O3S/c1-5-7-15-35-27-29-26-28-19(4)23(25(32)33-6-2)24(31(26)30-27)20-13-10-14-22(16-20)34-17-21-12-9-8-11-18(21)3/h8-14,16,24H,5-7,15,17H2,1-4H3,(H,28,29,30). The third-order valence-corrected chi connectivity index (χ3v) is 6.81. The van der Waals surface area contributed by atoms with Gasteiger partial charge in [-0.25, -0.2) is 9.48 Å². The SMILES string of the molecule is CCCCSc1nc2n(n1)C(c1cccc(OCc3ccccc3C)c1)C(C(=O)OCC)=C(C)N2. The number of fused-ring (bicyclic) bond motifs is 1. The lowest BCUT2D eigenvalue weighted by Gasteiger charge is -2.28. The highest BCUT2D eigenvalue weighted by molar-refractivity contribution is 7.99. The van der Waals surface area contributed by atoms with Gasteiger partial charge in [0.25, 0.3) is 0 Å². The Labute approximate surface area is 210 Å². The van der Waals surface area contributed by atoms with Crippen molar-refractivity contribution in [1.82, 2.24) is 14.8 Å². The van der Waals surface area contributed by atoms with Crippen molar-refractivity contribution >= 4 is 23.7 Å². The van der Waals surface area contributed by atoms with Gasteiger partial charge in [-0.2, -0.15) is 4.98 Å². The number of carbonyl (C=O) groups is 1. The Morgan fingerprint density at radius 3 is 2.74 bits per heavy atom. The summed E-state index contributed by atoms with van der Waals surface area (Å²) in [6.45, 7) is 8.68. The Morgan fingerprint density at radius 1 is 1.14 bits per heavy atom. The molecule has 4 rings (SSSR count). The van der Waals surface area contributed by atoms with Gasteiger partial charge in [-0.05, 0) is 56.0 Å². The number of aryl methyl sites for hydroxylation is 1. The molecule has 1 atom stereocenters. The molecule has 1 aliphatic rings. The molecular weight excluding hydrogens is 460 g/mol. The number of benzene rings is 2. The number of hydrogen-bond acceptors (Lipinski definition) is 7. The van der Waals surface area contributed by atoms with Crippen molar-refractivity contribution in [1.29, 1.82) is 0 Å². The lowest BCUT2D eigenvalue weighted by atomic mass is 9.95. The zero-order chi connectivity index (χ0) is 24.8. The maximum Gasteiger partial charge on any atom is 0.338 e. The Morgan fingerprint density at radius 2 is 1.97 bits per heavy atom. The molecule has 35 heavy (non-hydrogen) atoms. The molecule has 0 fully saturated rings. The van der Waals surface area contributed by atoms with Gasteiger partial charge in [-0.1, -0.05) is 61.5 Å². The Balaban J connectivity index is 1.67. The summed E-state index contributed by atoms with van der Waals surface area (Å²) in [4.78, 5) is 17.7. The summed E-state index contributed by atoms with van der Waals surface area (Å²) in [6.07, 6.45) is 2.21. The smallest absolute Gasteiger partial charge is 0.338 e. The molecule has 0 amide bonds. The Hall–Kier alpha value is -3.26. The van der Waals surface area contributed by atoms with E-state index < -0.39 is 6.04 Å². The van der Waals surface area contributed by atoms with Crippen LogP contribution in [0.5, 0.6) is 5.75 Å². The molecule has 0 aliphatic carbocycles. The van der Waals surface area contributed by atoms with Crippen molar-refractivity contribution < 1.29 is 14.3 Å². The molecule has 0 saturated heterocycles. The monoisotopic (exact) mass is 492 g/mol. The third-order valence-electron chi connectivity index (χ3n) is 5.89. The van der Waals surface area contributed by atoms with Crippen LogP contribution >= 0.6 is 11.8 Å². The number of unbranched alkanes of at least 4 members (excludes halogenated alkanes) is 1. The molecule has 0 spiro atoms. The lowest BCUT2D eigenvalue weighted by molar-refractivity contribution is -0.139. The van der Waals surface area contributed by atoms with Gasteiger partial charge >= 0.3 is 5.97 Å². The summed E-state index contributed by atoms with van der Waals surface area (Å²) in [5.74, 6) is 1.93. The van der Waals surface area contributed by atoms with Gasteiger partial charge in [0.05, 0.1) is 12.2 Å². The molecule has 2 heterocycles. The Kier molecular flexibility index (Phi) is 8.13. The van der Waals surface area contributed by atoms with Crippen molar-refractivity contribution in [3.8, 4) is 5.75 Å². The van der Waals surface area contributed by atoms with Gasteiger partial charge < -0.3 is 14.8 Å². The van der Waals surface area contributed by atoms with E-state index in [0.29, 0.717) is 35.6 Å². The fourth-order valence-corrected chi connectivity index (χ4v) is 4.90. The quantitative estimate of drug-likeness (QED) is 0.214. The highest BCUT2D eigenvalue weighted by Gasteiger charge is 2.35. The number of allylic oxidation sites excluding steroid dienone is 1. The molecule has 1 unspecified atom stereocenters. The number of anilines is 1. The molecule has 0 bridgehead atoms. The second kappa shape index (κ2) is 11.4. The molecule has 8 heteroatoms. The van der Waals surface area contributed by atoms with Gasteiger partial charge in [0.1, 0.15) is 18.4 Å². The molecule has 3 aromatic rings. The number of nitrogens with one attached hydrogen (secondary N) is 1. The number of carbonyl (C=O) groups excluding carboxylic acids is 1. The van der Waals surface area contributed by atoms with Crippen molar-refractivity contribution in [2.24, 2.45) is 0 Å². The summed E-state index contributed by atoms with van der Waals surface area (Å²) >= 11 is 1.62. The molecule has 2 aromatic carbocycles. The number of rotatable bonds is 10. The van der Waals surface area contributed by atoms with Gasteiger partial charge in [0.2, 0.25) is 11.1 Å². The third kappa shape index (κ3) is 5.70. The lowest BCUT2D eigenvalue weighted by Crippen LogP contribution is -2.29. The maximum atomic E-state index is 13.0. The van der Waals surface area contributed by atoms with Crippen molar-refractivity contribution in [3.63, 3.8) is 0 Å². The molecule has 1 aliphatic heterocycles. The Bertz CT molecular complexity index is 1220. The summed E-state index contributed by atoms with van der Waals surface area (Å²) in [7, 11) is 0. The van der Waals surface area contributed by atoms with Gasteiger partial charge in [0.15, 0.2) is 0 Å². The van der Waals surface area contributed by atoms with E-state index in [-0.39, 0.29) is 5.97 Å². The maximum absolute atomic E-state index is 13.0. The van der Waals surface area contributed by atoms with Gasteiger partial charge in [0, 0.05) is 11.4 Å². The van der Waals surface area contributed by atoms with E-state index in [0.717, 1.165) is 35.5 Å².